The summed E-state index contributed by atoms with van der Waals surface area (Å²) in [6, 6.07) is 3.79. The van der Waals surface area contributed by atoms with Gasteiger partial charge in [-0.2, -0.15) is 0 Å². The van der Waals surface area contributed by atoms with Gasteiger partial charge >= 0.3 is 0 Å². The van der Waals surface area contributed by atoms with Crippen LogP contribution in [0.15, 0.2) is 24.5 Å². The highest BCUT2D eigenvalue weighted by Gasteiger charge is 2.39. The van der Waals surface area contributed by atoms with Crippen molar-refractivity contribution in [2.24, 2.45) is 0 Å². The van der Waals surface area contributed by atoms with Crippen LogP contribution >= 0.6 is 0 Å². The molecule has 0 spiro atoms. The Balaban J connectivity index is 1.81. The van der Waals surface area contributed by atoms with Gasteiger partial charge in [-0.3, -0.25) is 9.78 Å². The van der Waals surface area contributed by atoms with Crippen molar-refractivity contribution < 1.29 is 9.90 Å². The molecule has 0 aliphatic carbocycles. The van der Waals surface area contributed by atoms with Gasteiger partial charge in [0, 0.05) is 38.6 Å². The van der Waals surface area contributed by atoms with Crippen LogP contribution in [-0.2, 0) is 5.60 Å². The quantitative estimate of drug-likeness (QED) is 0.890. The van der Waals surface area contributed by atoms with E-state index in [9.17, 15) is 9.90 Å². The molecule has 1 amide bonds. The molecule has 2 aromatic heterocycles. The Hall–Kier alpha value is -2.48. The molecule has 1 atom stereocenters. The van der Waals surface area contributed by atoms with Gasteiger partial charge in [-0.1, -0.05) is 5.21 Å². The lowest BCUT2D eigenvalue weighted by atomic mass is 9.90. The predicted octanol–water partition coefficient (Wildman–Crippen LogP) is 1.44. The highest BCUT2D eigenvalue weighted by molar-refractivity contribution is 5.93. The molecule has 0 unspecified atom stereocenters. The number of aromatic nitrogens is 4. The van der Waals surface area contributed by atoms with Crippen LogP contribution in [0.5, 0.6) is 0 Å². The van der Waals surface area contributed by atoms with Crippen LogP contribution in [0.1, 0.15) is 48.9 Å². The molecule has 1 aliphatic rings. The van der Waals surface area contributed by atoms with Gasteiger partial charge in [-0.25, -0.2) is 4.68 Å². The number of pyridine rings is 1. The number of hydrogen-bond acceptors (Lipinski definition) is 6. The molecule has 140 valence electrons. The first-order chi connectivity index (χ1) is 12.3. The van der Waals surface area contributed by atoms with Gasteiger partial charge < -0.3 is 14.9 Å². The van der Waals surface area contributed by atoms with E-state index in [2.05, 4.69) is 15.3 Å². The van der Waals surface area contributed by atoms with Gasteiger partial charge in [0.15, 0.2) is 0 Å². The monoisotopic (exact) mass is 358 g/mol. The highest BCUT2D eigenvalue weighted by Crippen LogP contribution is 2.31. The molecule has 3 rings (SSSR count). The molecule has 8 heteroatoms. The van der Waals surface area contributed by atoms with Crippen molar-refractivity contribution in [1.29, 1.82) is 0 Å². The smallest absolute Gasteiger partial charge is 0.272 e. The van der Waals surface area contributed by atoms with Crippen LogP contribution < -0.4 is 4.90 Å². The fraction of sp³-hybridized carbons (Fsp3) is 0.556. The Kier molecular flexibility index (Phi) is 4.95. The molecule has 1 N–H and O–H groups in total. The third-order valence-corrected chi connectivity index (χ3v) is 4.75. The average Bonchev–Trinajstić information content (AvgIpc) is 3.12. The summed E-state index contributed by atoms with van der Waals surface area (Å²) in [5.41, 5.74) is 0.626. The summed E-state index contributed by atoms with van der Waals surface area (Å²) in [5.74, 6) is -0.178. The first kappa shape index (κ1) is 18.3. The minimum atomic E-state index is -1.18. The summed E-state index contributed by atoms with van der Waals surface area (Å²) in [6.45, 7) is 4.79. The van der Waals surface area contributed by atoms with Gasteiger partial charge in [0.1, 0.15) is 17.0 Å². The topological polar surface area (TPSA) is 87.4 Å². The molecule has 0 aromatic carbocycles. The predicted molar refractivity (Wildman–Crippen MR) is 98.0 cm³/mol. The number of carbonyl (C=O) groups is 1. The third-order valence-electron chi connectivity index (χ3n) is 4.75. The van der Waals surface area contributed by atoms with Gasteiger partial charge in [0.05, 0.1) is 12.7 Å². The zero-order valence-corrected chi connectivity index (χ0v) is 15.8. The van der Waals surface area contributed by atoms with E-state index < -0.39 is 5.60 Å². The highest BCUT2D eigenvalue weighted by atomic mass is 16.3. The Bertz CT molecular complexity index is 787. The van der Waals surface area contributed by atoms with Crippen LogP contribution in [0, 0.1) is 0 Å². The number of carbonyl (C=O) groups excluding carboxylic acids is 1. The Morgan fingerprint density at radius 3 is 2.81 bits per heavy atom. The molecular weight excluding hydrogens is 332 g/mol. The zero-order chi connectivity index (χ0) is 18.9. The van der Waals surface area contributed by atoms with Crippen molar-refractivity contribution >= 4 is 11.6 Å². The standard InChI is InChI=1S/C18H26N6O2/c1-13(2)24-11-16(20-21-24)18(26)7-5-9-23(12-18)17(25)15-10-14(22(3)4)6-8-19-15/h6,8,10-11,13,26H,5,7,9,12H2,1-4H3/t18-/m0/s1. The van der Waals surface area contributed by atoms with Crippen molar-refractivity contribution in [2.75, 3.05) is 32.1 Å². The fourth-order valence-electron chi connectivity index (χ4n) is 3.14. The maximum Gasteiger partial charge on any atom is 0.272 e. The van der Waals surface area contributed by atoms with Gasteiger partial charge in [-0.05, 0) is 38.8 Å². The van der Waals surface area contributed by atoms with Crippen molar-refractivity contribution in [2.45, 2.75) is 38.3 Å². The van der Waals surface area contributed by atoms with E-state index in [1.165, 1.54) is 0 Å². The molecule has 26 heavy (non-hydrogen) atoms. The Morgan fingerprint density at radius 2 is 2.15 bits per heavy atom. The summed E-state index contributed by atoms with van der Waals surface area (Å²) in [4.78, 5) is 20.7. The number of nitrogens with zero attached hydrogens (tertiary/aromatic N) is 6. The fourth-order valence-corrected chi connectivity index (χ4v) is 3.14. The van der Waals surface area contributed by atoms with E-state index in [1.807, 2.05) is 38.9 Å². The molecule has 3 heterocycles. The maximum absolute atomic E-state index is 12.9. The number of rotatable bonds is 4. The van der Waals surface area contributed by atoms with Crippen LogP contribution in [0.25, 0.3) is 0 Å². The van der Waals surface area contributed by atoms with Crippen molar-refractivity contribution in [3.8, 4) is 0 Å². The number of amides is 1. The number of hydrogen-bond donors (Lipinski definition) is 1. The normalized spacial score (nSPS) is 20.5. The van der Waals surface area contributed by atoms with Crippen LogP contribution in [0.4, 0.5) is 5.69 Å². The Morgan fingerprint density at radius 1 is 1.38 bits per heavy atom. The molecular formula is C18H26N6O2. The number of aliphatic hydroxyl groups is 1. The number of β-amino-alcohol motifs (C(OH)–C–C–N with tert-alkyl or cyclic N) is 1. The second-order valence-corrected chi connectivity index (χ2v) is 7.33. The molecule has 8 nitrogen and oxygen atoms in total. The minimum absolute atomic E-state index is 0.166. The third kappa shape index (κ3) is 3.55. The molecule has 1 saturated heterocycles. The minimum Gasteiger partial charge on any atom is -0.382 e. The van der Waals surface area contributed by atoms with Crippen molar-refractivity contribution in [1.82, 2.24) is 24.9 Å². The van der Waals surface area contributed by atoms with Crippen LogP contribution in [0.3, 0.4) is 0 Å². The second-order valence-electron chi connectivity index (χ2n) is 7.33. The van der Waals surface area contributed by atoms with E-state index in [-0.39, 0.29) is 18.5 Å². The number of likely N-dealkylation sites (tertiary alicyclic amines) is 1. The van der Waals surface area contributed by atoms with Gasteiger partial charge in [-0.15, -0.1) is 5.10 Å². The van der Waals surface area contributed by atoms with Crippen LogP contribution in [0.2, 0.25) is 0 Å². The lowest BCUT2D eigenvalue weighted by molar-refractivity contribution is -0.0322. The van der Waals surface area contributed by atoms with E-state index in [0.29, 0.717) is 30.8 Å². The average molecular weight is 358 g/mol. The lowest BCUT2D eigenvalue weighted by Gasteiger charge is -2.37. The maximum atomic E-state index is 12.9. The van der Waals surface area contributed by atoms with E-state index in [1.54, 1.807) is 28.0 Å². The molecule has 1 aliphatic heterocycles. The largest absolute Gasteiger partial charge is 0.382 e. The summed E-state index contributed by atoms with van der Waals surface area (Å²) >= 11 is 0. The first-order valence-electron chi connectivity index (χ1n) is 8.87. The summed E-state index contributed by atoms with van der Waals surface area (Å²) in [7, 11) is 3.84. The first-order valence-corrected chi connectivity index (χ1v) is 8.87. The molecule has 0 radical (unpaired) electrons. The van der Waals surface area contributed by atoms with Crippen LogP contribution in [-0.4, -0.2) is 63.1 Å². The summed E-state index contributed by atoms with van der Waals surface area (Å²) in [6.07, 6.45) is 4.65. The van der Waals surface area contributed by atoms with Gasteiger partial charge in [0.2, 0.25) is 0 Å². The Labute approximate surface area is 153 Å². The second kappa shape index (κ2) is 7.03. The number of piperidine rings is 1. The summed E-state index contributed by atoms with van der Waals surface area (Å²) in [5, 5.41) is 19.3. The number of anilines is 1. The molecule has 0 bridgehead atoms. The molecule has 1 fully saturated rings. The van der Waals surface area contributed by atoms with Crippen molar-refractivity contribution in [3.05, 3.63) is 35.9 Å². The van der Waals surface area contributed by atoms with E-state index in [4.69, 9.17) is 0 Å². The zero-order valence-electron chi connectivity index (χ0n) is 15.8. The van der Waals surface area contributed by atoms with Gasteiger partial charge in [0.25, 0.3) is 5.91 Å². The SMILES string of the molecule is CC(C)n1cc([C@]2(O)CCCN(C(=O)c3cc(N(C)C)ccn3)C2)nn1. The van der Waals surface area contributed by atoms with E-state index >= 15 is 0 Å². The van der Waals surface area contributed by atoms with E-state index in [0.717, 1.165) is 5.69 Å². The lowest BCUT2D eigenvalue weighted by Crippen LogP contribution is -2.49. The summed E-state index contributed by atoms with van der Waals surface area (Å²) < 4.78 is 1.72. The van der Waals surface area contributed by atoms with Crippen molar-refractivity contribution in [3.63, 3.8) is 0 Å². The molecule has 0 saturated carbocycles. The molecule has 2 aromatic rings.